The molecule has 1 amide bonds. The average Bonchev–Trinajstić information content (AvgIpc) is 3.05. The minimum Gasteiger partial charge on any atom is -0.377 e. The Morgan fingerprint density at radius 1 is 1.30 bits per heavy atom. The Hall–Kier alpha value is -2.52. The van der Waals surface area contributed by atoms with E-state index in [4.69, 9.17) is 0 Å². The first kappa shape index (κ1) is 19.2. The van der Waals surface area contributed by atoms with Crippen LogP contribution in [0.4, 0.5) is 11.4 Å². The molecule has 0 aliphatic carbocycles. The lowest BCUT2D eigenvalue weighted by molar-refractivity contribution is -0.384. The lowest BCUT2D eigenvalue weighted by atomic mass is 10.1. The van der Waals surface area contributed by atoms with Crippen molar-refractivity contribution in [1.82, 2.24) is 14.8 Å². The molecule has 0 N–H and O–H groups in total. The molecule has 0 spiro atoms. The van der Waals surface area contributed by atoms with Crippen LogP contribution in [0.25, 0.3) is 0 Å². The number of benzene rings is 1. The second kappa shape index (κ2) is 8.01. The summed E-state index contributed by atoms with van der Waals surface area (Å²) in [5, 5.41) is 14.2. The predicted molar refractivity (Wildman–Crippen MR) is 105 cm³/mol. The van der Waals surface area contributed by atoms with Crippen molar-refractivity contribution >= 4 is 28.6 Å². The first-order chi connectivity index (χ1) is 12.8. The van der Waals surface area contributed by atoms with Crippen molar-refractivity contribution in [2.45, 2.75) is 13.5 Å². The van der Waals surface area contributed by atoms with Crippen LogP contribution in [-0.4, -0.2) is 65.9 Å². The summed E-state index contributed by atoms with van der Waals surface area (Å²) >= 11 is 1.64. The van der Waals surface area contributed by atoms with Crippen LogP contribution in [0.2, 0.25) is 0 Å². The summed E-state index contributed by atoms with van der Waals surface area (Å²) in [4.78, 5) is 34.0. The number of rotatable bonds is 5. The first-order valence-electron chi connectivity index (χ1n) is 8.73. The Morgan fingerprint density at radius 3 is 2.56 bits per heavy atom. The summed E-state index contributed by atoms with van der Waals surface area (Å²) in [6.07, 6.45) is 0. The maximum Gasteiger partial charge on any atom is 0.270 e. The molecule has 2 aromatic rings. The number of non-ortho nitro benzene ring substituents is 1. The smallest absolute Gasteiger partial charge is 0.270 e. The Bertz CT molecular complexity index is 843. The van der Waals surface area contributed by atoms with Gasteiger partial charge in [0.25, 0.3) is 11.6 Å². The van der Waals surface area contributed by atoms with E-state index >= 15 is 0 Å². The number of carbonyl (C=O) groups is 1. The van der Waals surface area contributed by atoms with Gasteiger partial charge in [-0.1, -0.05) is 0 Å². The molecular formula is C18H23N5O3S. The Morgan fingerprint density at radius 2 is 2.00 bits per heavy atom. The van der Waals surface area contributed by atoms with Crippen molar-refractivity contribution in [3.05, 3.63) is 50.0 Å². The maximum absolute atomic E-state index is 13.0. The van der Waals surface area contributed by atoms with Crippen molar-refractivity contribution in [3.8, 4) is 0 Å². The van der Waals surface area contributed by atoms with Crippen molar-refractivity contribution in [2.24, 2.45) is 0 Å². The number of hydrogen-bond acceptors (Lipinski definition) is 7. The number of nitro groups is 1. The minimum atomic E-state index is -0.468. The fourth-order valence-electron chi connectivity index (χ4n) is 3.19. The van der Waals surface area contributed by atoms with Crippen LogP contribution in [0.1, 0.15) is 21.1 Å². The largest absolute Gasteiger partial charge is 0.377 e. The standard InChI is InChI=1S/C18H23N5O3S/c1-13-19-14(12-27-13)11-21-6-8-22(9-7-21)18(24)16-10-15(23(25)26)4-5-17(16)20(2)3/h4-5,10,12H,6-9,11H2,1-3H3. The topological polar surface area (TPSA) is 82.8 Å². The highest BCUT2D eigenvalue weighted by atomic mass is 32.1. The molecule has 1 aromatic heterocycles. The van der Waals surface area contributed by atoms with Gasteiger partial charge in [-0.05, 0) is 13.0 Å². The number of carbonyl (C=O) groups excluding carboxylic acids is 1. The molecule has 27 heavy (non-hydrogen) atoms. The molecule has 1 aromatic carbocycles. The SMILES string of the molecule is Cc1nc(CN2CCN(C(=O)c3cc([N+](=O)[O-])ccc3N(C)C)CC2)cs1. The van der Waals surface area contributed by atoms with Gasteiger partial charge in [0.1, 0.15) is 0 Å². The molecule has 0 saturated carbocycles. The zero-order valence-electron chi connectivity index (χ0n) is 15.7. The van der Waals surface area contributed by atoms with Crippen LogP contribution in [0.5, 0.6) is 0 Å². The molecule has 1 aliphatic heterocycles. The van der Waals surface area contributed by atoms with Crippen LogP contribution in [0.15, 0.2) is 23.6 Å². The fraction of sp³-hybridized carbons (Fsp3) is 0.444. The van der Waals surface area contributed by atoms with Gasteiger partial charge in [0.2, 0.25) is 0 Å². The quantitative estimate of drug-likeness (QED) is 0.577. The van der Waals surface area contributed by atoms with E-state index in [-0.39, 0.29) is 11.6 Å². The lowest BCUT2D eigenvalue weighted by Gasteiger charge is -2.35. The van der Waals surface area contributed by atoms with Gasteiger partial charge in [0, 0.05) is 70.0 Å². The van der Waals surface area contributed by atoms with Gasteiger partial charge in [-0.3, -0.25) is 19.8 Å². The third-order valence-electron chi connectivity index (χ3n) is 4.61. The number of amides is 1. The van der Waals surface area contributed by atoms with E-state index in [9.17, 15) is 14.9 Å². The van der Waals surface area contributed by atoms with Crippen LogP contribution < -0.4 is 4.90 Å². The number of nitro benzene ring substituents is 1. The van der Waals surface area contributed by atoms with Crippen molar-refractivity contribution < 1.29 is 9.72 Å². The summed E-state index contributed by atoms with van der Waals surface area (Å²) in [5.41, 5.74) is 2.05. The third-order valence-corrected chi connectivity index (χ3v) is 5.44. The number of anilines is 1. The molecule has 0 bridgehead atoms. The number of nitrogens with zero attached hydrogens (tertiary/aromatic N) is 5. The van der Waals surface area contributed by atoms with Crippen molar-refractivity contribution in [3.63, 3.8) is 0 Å². The Balaban J connectivity index is 1.70. The summed E-state index contributed by atoms with van der Waals surface area (Å²) in [7, 11) is 3.65. The second-order valence-corrected chi connectivity index (χ2v) is 7.84. The predicted octanol–water partition coefficient (Wildman–Crippen LogP) is 2.38. The van der Waals surface area contributed by atoms with E-state index in [0.29, 0.717) is 24.3 Å². The van der Waals surface area contributed by atoms with E-state index in [1.807, 2.05) is 21.0 Å². The van der Waals surface area contributed by atoms with Gasteiger partial charge < -0.3 is 9.80 Å². The van der Waals surface area contributed by atoms with Crippen LogP contribution >= 0.6 is 11.3 Å². The molecule has 1 saturated heterocycles. The number of piperazine rings is 1. The minimum absolute atomic E-state index is 0.0681. The molecule has 3 rings (SSSR count). The monoisotopic (exact) mass is 389 g/mol. The zero-order chi connectivity index (χ0) is 19.6. The van der Waals surface area contributed by atoms with E-state index in [1.165, 1.54) is 12.1 Å². The van der Waals surface area contributed by atoms with Crippen molar-refractivity contribution in [2.75, 3.05) is 45.2 Å². The normalized spacial score (nSPS) is 15.0. The molecule has 2 heterocycles. The Labute approximate surface area is 162 Å². The molecule has 144 valence electrons. The lowest BCUT2D eigenvalue weighted by Crippen LogP contribution is -2.48. The molecule has 0 atom stereocenters. The Kier molecular flexibility index (Phi) is 5.71. The zero-order valence-corrected chi connectivity index (χ0v) is 16.5. The second-order valence-electron chi connectivity index (χ2n) is 6.78. The highest BCUT2D eigenvalue weighted by Gasteiger charge is 2.26. The number of thiazole rings is 1. The van der Waals surface area contributed by atoms with Gasteiger partial charge in [-0.2, -0.15) is 0 Å². The summed E-state index contributed by atoms with van der Waals surface area (Å²) in [5.74, 6) is -0.161. The van der Waals surface area contributed by atoms with Gasteiger partial charge in [-0.25, -0.2) is 4.98 Å². The summed E-state index contributed by atoms with van der Waals surface area (Å²) in [6, 6.07) is 4.44. The number of hydrogen-bond donors (Lipinski definition) is 0. The van der Waals surface area contributed by atoms with E-state index in [0.717, 1.165) is 30.3 Å². The van der Waals surface area contributed by atoms with Crippen LogP contribution in [0, 0.1) is 17.0 Å². The van der Waals surface area contributed by atoms with Gasteiger partial charge in [-0.15, -0.1) is 11.3 Å². The molecule has 0 unspecified atom stereocenters. The summed E-state index contributed by atoms with van der Waals surface area (Å²) < 4.78 is 0. The third kappa shape index (κ3) is 4.42. The molecule has 0 radical (unpaired) electrons. The molecule has 1 fully saturated rings. The summed E-state index contributed by atoms with van der Waals surface area (Å²) in [6.45, 7) is 5.48. The van der Waals surface area contributed by atoms with Gasteiger partial charge in [0.05, 0.1) is 21.2 Å². The number of aryl methyl sites for hydroxylation is 1. The van der Waals surface area contributed by atoms with Gasteiger partial charge >= 0.3 is 0 Å². The van der Waals surface area contributed by atoms with Gasteiger partial charge in [0.15, 0.2) is 0 Å². The highest BCUT2D eigenvalue weighted by molar-refractivity contribution is 7.09. The highest BCUT2D eigenvalue weighted by Crippen LogP contribution is 2.26. The van der Waals surface area contributed by atoms with E-state index in [1.54, 1.807) is 27.2 Å². The van der Waals surface area contributed by atoms with Crippen LogP contribution in [0.3, 0.4) is 0 Å². The van der Waals surface area contributed by atoms with Crippen LogP contribution in [-0.2, 0) is 6.54 Å². The first-order valence-corrected chi connectivity index (χ1v) is 9.61. The maximum atomic E-state index is 13.0. The fourth-order valence-corrected chi connectivity index (χ4v) is 3.79. The molecule has 8 nitrogen and oxygen atoms in total. The number of aromatic nitrogens is 1. The average molecular weight is 389 g/mol. The molecule has 9 heteroatoms. The van der Waals surface area contributed by atoms with Crippen molar-refractivity contribution in [1.29, 1.82) is 0 Å². The molecular weight excluding hydrogens is 366 g/mol. The van der Waals surface area contributed by atoms with E-state index < -0.39 is 4.92 Å². The molecule has 1 aliphatic rings. The van der Waals surface area contributed by atoms with E-state index in [2.05, 4.69) is 15.3 Å².